The molecule has 0 amide bonds. The predicted molar refractivity (Wildman–Crippen MR) is 77.3 cm³/mol. The largest absolute Gasteiger partial charge is 0.306 e. The van der Waals surface area contributed by atoms with Gasteiger partial charge in [-0.15, -0.1) is 0 Å². The van der Waals surface area contributed by atoms with E-state index in [0.29, 0.717) is 5.92 Å². The Kier molecular flexibility index (Phi) is 5.06. The number of piperidine rings is 1. The van der Waals surface area contributed by atoms with Crippen LogP contribution in [0.1, 0.15) is 37.3 Å². The smallest absolute Gasteiger partial charge is 0.151 e. The van der Waals surface area contributed by atoms with E-state index in [1.807, 2.05) is 11.8 Å². The quantitative estimate of drug-likeness (QED) is 0.818. The summed E-state index contributed by atoms with van der Waals surface area (Å²) in [5.41, 5.74) is 0. The molecule has 0 saturated carbocycles. The van der Waals surface area contributed by atoms with E-state index in [-0.39, 0.29) is 0 Å². The summed E-state index contributed by atoms with van der Waals surface area (Å²) in [7, 11) is 2.20. The first kappa shape index (κ1) is 13.9. The van der Waals surface area contributed by atoms with E-state index in [9.17, 15) is 0 Å². The summed E-state index contributed by atoms with van der Waals surface area (Å²) < 4.78 is 2.11. The molecule has 1 aliphatic heterocycles. The van der Waals surface area contributed by atoms with Gasteiger partial charge in [-0.05, 0) is 39.6 Å². The molecule has 1 aromatic rings. The second-order valence-electron chi connectivity index (χ2n) is 5.05. The summed E-state index contributed by atoms with van der Waals surface area (Å²) >= 11 is 1.86. The van der Waals surface area contributed by atoms with Gasteiger partial charge in [-0.1, -0.05) is 0 Å². The highest BCUT2D eigenvalue weighted by molar-refractivity contribution is 7.98. The molecule has 1 aliphatic rings. The number of aromatic nitrogens is 3. The highest BCUT2D eigenvalue weighted by Gasteiger charge is 2.24. The van der Waals surface area contributed by atoms with Crippen LogP contribution in [0, 0.1) is 0 Å². The number of nitrogens with zero attached hydrogens (tertiary/aromatic N) is 4. The average Bonchev–Trinajstić information content (AvgIpc) is 2.79. The normalized spacial score (nSPS) is 21.4. The molecule has 102 valence electrons. The van der Waals surface area contributed by atoms with Crippen molar-refractivity contribution in [1.29, 1.82) is 0 Å². The summed E-state index contributed by atoms with van der Waals surface area (Å²) in [5, 5.41) is 4.64. The molecule has 4 nitrogen and oxygen atoms in total. The first-order valence-electron chi connectivity index (χ1n) is 6.85. The summed E-state index contributed by atoms with van der Waals surface area (Å²) in [5.74, 6) is 3.91. The molecule has 1 unspecified atom stereocenters. The zero-order chi connectivity index (χ0) is 13.0. The maximum absolute atomic E-state index is 4.79. The highest BCUT2D eigenvalue weighted by atomic mass is 32.2. The fourth-order valence-corrected chi connectivity index (χ4v) is 3.00. The lowest BCUT2D eigenvalue weighted by Gasteiger charge is -2.29. The average molecular weight is 268 g/mol. The maximum Gasteiger partial charge on any atom is 0.151 e. The minimum Gasteiger partial charge on any atom is -0.306 e. The lowest BCUT2D eigenvalue weighted by molar-refractivity contribution is 0.242. The molecule has 2 rings (SSSR count). The Morgan fingerprint density at radius 1 is 1.44 bits per heavy atom. The lowest BCUT2D eigenvalue weighted by atomic mass is 9.97. The lowest BCUT2D eigenvalue weighted by Crippen LogP contribution is -2.32. The number of hydrogen-bond donors (Lipinski definition) is 0. The van der Waals surface area contributed by atoms with Crippen molar-refractivity contribution in [2.24, 2.45) is 0 Å². The fourth-order valence-electron chi connectivity index (χ4n) is 2.61. The van der Waals surface area contributed by atoms with Gasteiger partial charge in [0.1, 0.15) is 5.82 Å². The van der Waals surface area contributed by atoms with Crippen LogP contribution < -0.4 is 0 Å². The molecular weight excluding hydrogens is 244 g/mol. The third kappa shape index (κ3) is 3.26. The number of likely N-dealkylation sites (N-methyl/N-ethyl adjacent to an activating group) is 1. The van der Waals surface area contributed by atoms with Crippen LogP contribution in [0.15, 0.2) is 0 Å². The number of thioether (sulfide) groups is 1. The van der Waals surface area contributed by atoms with E-state index in [0.717, 1.165) is 31.1 Å². The first-order valence-corrected chi connectivity index (χ1v) is 8.25. The van der Waals surface area contributed by atoms with Crippen molar-refractivity contribution >= 4 is 11.8 Å². The van der Waals surface area contributed by atoms with E-state index in [4.69, 9.17) is 4.98 Å². The molecule has 1 fully saturated rings. The SMILES string of the molecule is CCn1nc(CCSC)nc1C1CCCN(C)C1. The highest BCUT2D eigenvalue weighted by Crippen LogP contribution is 2.25. The van der Waals surface area contributed by atoms with Crippen LogP contribution >= 0.6 is 11.8 Å². The van der Waals surface area contributed by atoms with Gasteiger partial charge < -0.3 is 4.90 Å². The van der Waals surface area contributed by atoms with Gasteiger partial charge in [-0.2, -0.15) is 16.9 Å². The Bertz CT molecular complexity index is 377. The number of likely N-dealkylation sites (tertiary alicyclic amines) is 1. The summed E-state index contributed by atoms with van der Waals surface area (Å²) in [6.45, 7) is 5.43. The Morgan fingerprint density at radius 3 is 2.94 bits per heavy atom. The molecule has 0 N–H and O–H groups in total. The number of aryl methyl sites for hydroxylation is 2. The second-order valence-corrected chi connectivity index (χ2v) is 6.03. The van der Waals surface area contributed by atoms with Crippen molar-refractivity contribution < 1.29 is 0 Å². The first-order chi connectivity index (χ1) is 8.74. The molecule has 18 heavy (non-hydrogen) atoms. The van der Waals surface area contributed by atoms with Gasteiger partial charge in [0.25, 0.3) is 0 Å². The van der Waals surface area contributed by atoms with Crippen molar-refractivity contribution in [3.8, 4) is 0 Å². The van der Waals surface area contributed by atoms with E-state index >= 15 is 0 Å². The summed E-state index contributed by atoms with van der Waals surface area (Å²) in [6, 6.07) is 0. The van der Waals surface area contributed by atoms with Crippen molar-refractivity contribution in [1.82, 2.24) is 19.7 Å². The molecule has 0 radical (unpaired) electrons. The van der Waals surface area contributed by atoms with E-state index < -0.39 is 0 Å². The molecule has 0 bridgehead atoms. The topological polar surface area (TPSA) is 34.0 Å². The molecular formula is C13H24N4S. The number of rotatable bonds is 5. The van der Waals surface area contributed by atoms with E-state index in [1.165, 1.54) is 25.2 Å². The van der Waals surface area contributed by atoms with Gasteiger partial charge in [-0.3, -0.25) is 0 Å². The summed E-state index contributed by atoms with van der Waals surface area (Å²) in [4.78, 5) is 7.20. The van der Waals surface area contributed by atoms with Gasteiger partial charge in [0.15, 0.2) is 5.82 Å². The van der Waals surface area contributed by atoms with Crippen LogP contribution in [0.2, 0.25) is 0 Å². The molecule has 2 heterocycles. The van der Waals surface area contributed by atoms with Crippen molar-refractivity contribution in [3.63, 3.8) is 0 Å². The fraction of sp³-hybridized carbons (Fsp3) is 0.846. The van der Waals surface area contributed by atoms with Gasteiger partial charge >= 0.3 is 0 Å². The van der Waals surface area contributed by atoms with Crippen molar-refractivity contribution in [2.75, 3.05) is 32.1 Å². The van der Waals surface area contributed by atoms with Crippen LogP contribution in [0.3, 0.4) is 0 Å². The Morgan fingerprint density at radius 2 is 2.28 bits per heavy atom. The molecule has 5 heteroatoms. The third-order valence-electron chi connectivity index (χ3n) is 3.56. The monoisotopic (exact) mass is 268 g/mol. The zero-order valence-electron chi connectivity index (χ0n) is 11.7. The predicted octanol–water partition coefficient (Wildman–Crippen LogP) is 2.01. The molecule has 0 spiro atoms. The molecule has 1 aromatic heterocycles. The Hall–Kier alpha value is -0.550. The Labute approximate surface area is 114 Å². The summed E-state index contributed by atoms with van der Waals surface area (Å²) in [6.07, 6.45) is 5.65. The van der Waals surface area contributed by atoms with Gasteiger partial charge in [0, 0.05) is 31.2 Å². The van der Waals surface area contributed by atoms with Gasteiger partial charge in [-0.25, -0.2) is 9.67 Å². The van der Waals surface area contributed by atoms with Gasteiger partial charge in [0.05, 0.1) is 0 Å². The van der Waals surface area contributed by atoms with Crippen LogP contribution in [-0.4, -0.2) is 51.8 Å². The molecule has 1 saturated heterocycles. The standard InChI is InChI=1S/C13H24N4S/c1-4-17-13(11-6-5-8-16(2)10-11)14-12(15-17)7-9-18-3/h11H,4-10H2,1-3H3. The van der Waals surface area contributed by atoms with E-state index in [2.05, 4.69) is 34.9 Å². The maximum atomic E-state index is 4.79. The van der Waals surface area contributed by atoms with Crippen LogP contribution in [0.25, 0.3) is 0 Å². The van der Waals surface area contributed by atoms with Crippen molar-refractivity contribution in [2.45, 2.75) is 38.6 Å². The van der Waals surface area contributed by atoms with Crippen LogP contribution in [-0.2, 0) is 13.0 Å². The van der Waals surface area contributed by atoms with Crippen LogP contribution in [0.4, 0.5) is 0 Å². The molecule has 0 aromatic carbocycles. The minimum atomic E-state index is 0.569. The second kappa shape index (κ2) is 6.57. The van der Waals surface area contributed by atoms with Gasteiger partial charge in [0.2, 0.25) is 0 Å². The minimum absolute atomic E-state index is 0.569. The van der Waals surface area contributed by atoms with E-state index in [1.54, 1.807) is 0 Å². The van der Waals surface area contributed by atoms with Crippen molar-refractivity contribution in [3.05, 3.63) is 11.6 Å². The van der Waals surface area contributed by atoms with Crippen LogP contribution in [0.5, 0.6) is 0 Å². The Balaban J connectivity index is 2.12. The third-order valence-corrected chi connectivity index (χ3v) is 4.18. The molecule has 0 aliphatic carbocycles. The zero-order valence-corrected chi connectivity index (χ0v) is 12.5. The number of hydrogen-bond acceptors (Lipinski definition) is 4. The molecule has 1 atom stereocenters.